The normalized spacial score (nSPS) is 15.9. The Bertz CT molecular complexity index is 1680. The van der Waals surface area contributed by atoms with Crippen molar-refractivity contribution in [3.63, 3.8) is 0 Å². The van der Waals surface area contributed by atoms with Crippen molar-refractivity contribution in [1.82, 2.24) is 24.6 Å². The van der Waals surface area contributed by atoms with Gasteiger partial charge in [-0.15, -0.1) is 0 Å². The summed E-state index contributed by atoms with van der Waals surface area (Å²) in [5, 5.41) is 11.2. The number of nitrogens with one attached hydrogen (secondary N) is 2. The van der Waals surface area contributed by atoms with Crippen LogP contribution in [0.15, 0.2) is 42.6 Å². The minimum absolute atomic E-state index is 0.217. The molecule has 4 aromatic rings. The summed E-state index contributed by atoms with van der Waals surface area (Å²) in [5.74, 6) is 0.964. The number of ether oxygens (including phenoxy) is 1. The molecule has 6 rings (SSSR count). The van der Waals surface area contributed by atoms with Gasteiger partial charge in [-0.1, -0.05) is 32.0 Å². The summed E-state index contributed by atoms with van der Waals surface area (Å²) in [5.41, 5.74) is 8.43. The van der Waals surface area contributed by atoms with Gasteiger partial charge in [-0.3, -0.25) is 9.48 Å². The van der Waals surface area contributed by atoms with E-state index in [4.69, 9.17) is 19.8 Å². The summed E-state index contributed by atoms with van der Waals surface area (Å²) in [6.45, 7) is 12.3. The monoisotopic (exact) mass is 580 g/mol. The molecule has 2 aromatic carbocycles. The van der Waals surface area contributed by atoms with Gasteiger partial charge in [0, 0.05) is 68.0 Å². The maximum absolute atomic E-state index is 13.6. The molecule has 2 aromatic heterocycles. The van der Waals surface area contributed by atoms with Gasteiger partial charge in [0.2, 0.25) is 5.95 Å². The molecule has 10 heteroatoms. The number of anilines is 4. The minimum atomic E-state index is -0.292. The van der Waals surface area contributed by atoms with E-state index >= 15 is 0 Å². The van der Waals surface area contributed by atoms with Crippen LogP contribution in [0.5, 0.6) is 5.75 Å². The van der Waals surface area contributed by atoms with Gasteiger partial charge in [-0.05, 0) is 56.0 Å². The Morgan fingerprint density at radius 1 is 1.02 bits per heavy atom. The molecule has 1 aliphatic heterocycles. The second-order valence-electron chi connectivity index (χ2n) is 12.3. The average Bonchev–Trinajstić information content (AvgIpc) is 3.30. The molecule has 1 aliphatic carbocycles. The van der Waals surface area contributed by atoms with Crippen LogP contribution in [0.2, 0.25) is 0 Å². The Balaban J connectivity index is 1.32. The van der Waals surface area contributed by atoms with Gasteiger partial charge in [-0.25, -0.2) is 9.97 Å². The standard InChI is InChI=1S/C33H40N8O2/c1-20-9-8-10-21(2)27(20)36-31(42)28-23-18-33(3,4)24-19-34-32(37-29(24)30(23)40(6)38-28)35-25-12-11-22(17-26(25)43-7)41-15-13-39(5)14-16-41/h8-12,17,19H,13-16,18H2,1-7H3,(H,36,42)(H,34,35,37). The molecular weight excluding hydrogens is 540 g/mol. The van der Waals surface area contributed by atoms with E-state index in [2.05, 4.69) is 53.5 Å². The molecule has 224 valence electrons. The third-order valence-electron chi connectivity index (χ3n) is 8.74. The maximum Gasteiger partial charge on any atom is 0.276 e. The minimum Gasteiger partial charge on any atom is -0.494 e. The molecule has 1 saturated heterocycles. The van der Waals surface area contributed by atoms with Crippen LogP contribution in [0, 0.1) is 13.8 Å². The van der Waals surface area contributed by atoms with Gasteiger partial charge in [0.1, 0.15) is 5.75 Å². The highest BCUT2D eigenvalue weighted by molar-refractivity contribution is 6.06. The first kappa shape index (κ1) is 28.7. The number of piperazine rings is 1. The lowest BCUT2D eigenvalue weighted by Crippen LogP contribution is -2.44. The number of para-hydroxylation sites is 1. The van der Waals surface area contributed by atoms with Crippen molar-refractivity contribution in [1.29, 1.82) is 0 Å². The lowest BCUT2D eigenvalue weighted by molar-refractivity contribution is 0.102. The summed E-state index contributed by atoms with van der Waals surface area (Å²) < 4.78 is 7.54. The third-order valence-corrected chi connectivity index (χ3v) is 8.74. The molecule has 1 amide bonds. The summed E-state index contributed by atoms with van der Waals surface area (Å²) >= 11 is 0. The van der Waals surface area contributed by atoms with E-state index in [-0.39, 0.29) is 11.3 Å². The number of carbonyl (C=O) groups is 1. The number of nitrogens with zero attached hydrogens (tertiary/aromatic N) is 6. The van der Waals surface area contributed by atoms with Gasteiger partial charge < -0.3 is 25.2 Å². The lowest BCUT2D eigenvalue weighted by atomic mass is 9.73. The molecule has 10 nitrogen and oxygen atoms in total. The number of rotatable bonds is 6. The Kier molecular flexibility index (Phi) is 7.33. The number of hydrogen-bond donors (Lipinski definition) is 2. The maximum atomic E-state index is 13.6. The summed E-state index contributed by atoms with van der Waals surface area (Å²) in [7, 11) is 5.70. The topological polar surface area (TPSA) is 100 Å². The molecule has 0 bridgehead atoms. The Morgan fingerprint density at radius 3 is 2.44 bits per heavy atom. The van der Waals surface area contributed by atoms with Crippen molar-refractivity contribution in [3.05, 3.63) is 70.5 Å². The fourth-order valence-corrected chi connectivity index (χ4v) is 6.22. The summed E-state index contributed by atoms with van der Waals surface area (Å²) in [6.07, 6.45) is 2.54. The van der Waals surface area contributed by atoms with Crippen molar-refractivity contribution < 1.29 is 9.53 Å². The number of fused-ring (bicyclic) bond motifs is 3. The predicted octanol–water partition coefficient (Wildman–Crippen LogP) is 5.08. The van der Waals surface area contributed by atoms with Crippen LogP contribution in [0.4, 0.5) is 23.0 Å². The van der Waals surface area contributed by atoms with E-state index in [1.807, 2.05) is 51.4 Å². The van der Waals surface area contributed by atoms with E-state index in [1.54, 1.807) is 11.8 Å². The van der Waals surface area contributed by atoms with Gasteiger partial charge in [0.25, 0.3) is 5.91 Å². The van der Waals surface area contributed by atoms with Crippen molar-refractivity contribution in [3.8, 4) is 17.1 Å². The fraction of sp³-hybridized carbons (Fsp3) is 0.394. The van der Waals surface area contributed by atoms with Crippen molar-refractivity contribution in [2.45, 2.75) is 39.5 Å². The summed E-state index contributed by atoms with van der Waals surface area (Å²) in [6, 6.07) is 12.2. The largest absolute Gasteiger partial charge is 0.494 e. The van der Waals surface area contributed by atoms with E-state index in [0.29, 0.717) is 18.1 Å². The van der Waals surface area contributed by atoms with E-state index in [1.165, 1.54) is 0 Å². The molecule has 2 aliphatic rings. The van der Waals surface area contributed by atoms with Crippen molar-refractivity contribution >= 4 is 28.9 Å². The van der Waals surface area contributed by atoms with E-state index < -0.39 is 0 Å². The second-order valence-corrected chi connectivity index (χ2v) is 12.3. The van der Waals surface area contributed by atoms with Crippen LogP contribution >= 0.6 is 0 Å². The van der Waals surface area contributed by atoms with Gasteiger partial charge in [0.05, 0.1) is 24.2 Å². The lowest BCUT2D eigenvalue weighted by Gasteiger charge is -2.34. The highest BCUT2D eigenvalue weighted by Gasteiger charge is 2.38. The number of methoxy groups -OCH3 is 1. The molecule has 1 fully saturated rings. The smallest absolute Gasteiger partial charge is 0.276 e. The van der Waals surface area contributed by atoms with Crippen LogP contribution < -0.4 is 20.3 Å². The van der Waals surface area contributed by atoms with Crippen LogP contribution in [0.25, 0.3) is 11.4 Å². The first-order valence-electron chi connectivity index (χ1n) is 14.8. The molecule has 3 heterocycles. The summed E-state index contributed by atoms with van der Waals surface area (Å²) in [4.78, 5) is 28.0. The van der Waals surface area contributed by atoms with E-state index in [9.17, 15) is 4.79 Å². The number of benzene rings is 2. The number of aromatic nitrogens is 4. The highest BCUT2D eigenvalue weighted by Crippen LogP contribution is 2.43. The van der Waals surface area contributed by atoms with Crippen molar-refractivity contribution in [2.75, 3.05) is 55.9 Å². The quantitative estimate of drug-likeness (QED) is 0.326. The molecule has 0 radical (unpaired) electrons. The second kappa shape index (κ2) is 11.0. The third kappa shape index (κ3) is 5.31. The number of aryl methyl sites for hydroxylation is 3. The molecule has 2 N–H and O–H groups in total. The zero-order valence-electron chi connectivity index (χ0n) is 26.1. The van der Waals surface area contributed by atoms with Gasteiger partial charge in [0.15, 0.2) is 5.69 Å². The Morgan fingerprint density at radius 2 is 1.74 bits per heavy atom. The molecule has 0 atom stereocenters. The fourth-order valence-electron chi connectivity index (χ4n) is 6.22. The molecule has 43 heavy (non-hydrogen) atoms. The highest BCUT2D eigenvalue weighted by atomic mass is 16.5. The number of amides is 1. The number of carbonyl (C=O) groups excluding carboxylic acids is 1. The average molecular weight is 581 g/mol. The van der Waals surface area contributed by atoms with Gasteiger partial charge >= 0.3 is 0 Å². The van der Waals surface area contributed by atoms with E-state index in [0.717, 1.165) is 82.6 Å². The first-order valence-corrected chi connectivity index (χ1v) is 14.8. The first-order chi connectivity index (χ1) is 20.6. The van der Waals surface area contributed by atoms with Crippen molar-refractivity contribution in [2.24, 2.45) is 7.05 Å². The van der Waals surface area contributed by atoms with Crippen LogP contribution in [-0.4, -0.2) is 70.9 Å². The molecule has 0 spiro atoms. The van der Waals surface area contributed by atoms with Crippen LogP contribution in [-0.2, 0) is 18.9 Å². The van der Waals surface area contributed by atoms with Gasteiger partial charge in [-0.2, -0.15) is 5.10 Å². The molecule has 0 saturated carbocycles. The molecular formula is C33H40N8O2. The SMILES string of the molecule is COc1cc(N2CCN(C)CC2)ccc1Nc1ncc2c(n1)-c1c(c(C(=O)Nc3c(C)cccc3C)nn1C)CC2(C)C. The zero-order chi connectivity index (χ0) is 30.5. The number of likely N-dealkylation sites (N-methyl/N-ethyl adjacent to an activating group) is 1. The van der Waals surface area contributed by atoms with Crippen LogP contribution in [0.1, 0.15) is 46.6 Å². The Hall–Kier alpha value is -4.44. The van der Waals surface area contributed by atoms with Crippen LogP contribution in [0.3, 0.4) is 0 Å². The zero-order valence-corrected chi connectivity index (χ0v) is 26.1. The predicted molar refractivity (Wildman–Crippen MR) is 171 cm³/mol. The number of hydrogen-bond acceptors (Lipinski definition) is 8. The Labute approximate surface area is 253 Å². The molecule has 0 unspecified atom stereocenters.